The van der Waals surface area contributed by atoms with Gasteiger partial charge in [-0.25, -0.2) is 0 Å². The summed E-state index contributed by atoms with van der Waals surface area (Å²) >= 11 is 0. The molecule has 0 aromatic heterocycles. The molecule has 0 bridgehead atoms. The Morgan fingerprint density at radius 3 is 2.89 bits per heavy atom. The molecule has 0 radical (unpaired) electrons. The first-order valence-electron chi connectivity index (χ1n) is 6.83. The van der Waals surface area contributed by atoms with Gasteiger partial charge in [-0.3, -0.25) is 4.79 Å². The molecular formula is C15H22N2O2. The molecule has 19 heavy (non-hydrogen) atoms. The van der Waals surface area contributed by atoms with E-state index in [-0.39, 0.29) is 17.7 Å². The van der Waals surface area contributed by atoms with Gasteiger partial charge < -0.3 is 15.7 Å². The molecule has 2 atom stereocenters. The molecule has 2 rings (SSSR count). The number of likely N-dealkylation sites (tertiary alicyclic amines) is 1. The monoisotopic (exact) mass is 262 g/mol. The van der Waals surface area contributed by atoms with E-state index in [1.54, 1.807) is 25.1 Å². The fraction of sp³-hybridized carbons (Fsp3) is 0.533. The van der Waals surface area contributed by atoms with Crippen molar-refractivity contribution in [3.05, 3.63) is 29.3 Å². The number of piperidine rings is 1. The first-order chi connectivity index (χ1) is 9.02. The zero-order valence-electron chi connectivity index (χ0n) is 11.6. The maximum atomic E-state index is 12.5. The summed E-state index contributed by atoms with van der Waals surface area (Å²) in [7, 11) is 0. The Bertz CT molecular complexity index is 473. The highest BCUT2D eigenvalue weighted by Crippen LogP contribution is 2.25. The zero-order chi connectivity index (χ0) is 14.0. The van der Waals surface area contributed by atoms with Crippen molar-refractivity contribution in [3.8, 4) is 5.75 Å². The van der Waals surface area contributed by atoms with Crippen molar-refractivity contribution in [2.75, 3.05) is 13.1 Å². The standard InChI is InChI=1S/C15H22N2O2/c1-10-5-6-17(13(7-10)9-16)15(19)12-3-4-14(18)11(2)8-12/h3-4,8,10,13,18H,5-7,9,16H2,1-2H3. The van der Waals surface area contributed by atoms with Crippen LogP contribution in [0.1, 0.15) is 35.7 Å². The lowest BCUT2D eigenvalue weighted by Gasteiger charge is -2.38. The van der Waals surface area contributed by atoms with E-state index in [0.29, 0.717) is 18.0 Å². The van der Waals surface area contributed by atoms with Crippen LogP contribution in [-0.2, 0) is 0 Å². The van der Waals surface area contributed by atoms with E-state index in [1.807, 2.05) is 4.90 Å². The SMILES string of the molecule is Cc1cc(C(=O)N2CCC(C)CC2CN)ccc1O. The number of amides is 1. The third kappa shape index (κ3) is 2.89. The summed E-state index contributed by atoms with van der Waals surface area (Å²) in [6.07, 6.45) is 2.00. The first-order valence-corrected chi connectivity index (χ1v) is 6.83. The summed E-state index contributed by atoms with van der Waals surface area (Å²) in [5.41, 5.74) is 7.14. The average molecular weight is 262 g/mol. The summed E-state index contributed by atoms with van der Waals surface area (Å²) in [5, 5.41) is 9.52. The van der Waals surface area contributed by atoms with E-state index in [2.05, 4.69) is 6.92 Å². The zero-order valence-corrected chi connectivity index (χ0v) is 11.6. The van der Waals surface area contributed by atoms with Crippen molar-refractivity contribution in [2.45, 2.75) is 32.7 Å². The van der Waals surface area contributed by atoms with Crippen LogP contribution in [0.5, 0.6) is 5.75 Å². The van der Waals surface area contributed by atoms with Gasteiger partial charge in [0.05, 0.1) is 0 Å². The highest BCUT2D eigenvalue weighted by Gasteiger charge is 2.29. The van der Waals surface area contributed by atoms with E-state index >= 15 is 0 Å². The minimum atomic E-state index is 0.0189. The molecule has 0 saturated carbocycles. The van der Waals surface area contributed by atoms with E-state index in [1.165, 1.54) is 0 Å². The van der Waals surface area contributed by atoms with Crippen molar-refractivity contribution in [1.29, 1.82) is 0 Å². The minimum absolute atomic E-state index is 0.0189. The summed E-state index contributed by atoms with van der Waals surface area (Å²) < 4.78 is 0. The van der Waals surface area contributed by atoms with E-state index in [0.717, 1.165) is 24.9 Å². The summed E-state index contributed by atoms with van der Waals surface area (Å²) in [5.74, 6) is 0.865. The molecule has 1 aromatic carbocycles. The van der Waals surface area contributed by atoms with Crippen molar-refractivity contribution >= 4 is 5.91 Å². The number of hydrogen-bond acceptors (Lipinski definition) is 3. The van der Waals surface area contributed by atoms with Gasteiger partial charge in [-0.2, -0.15) is 0 Å². The molecule has 1 heterocycles. The van der Waals surface area contributed by atoms with Gasteiger partial charge in [-0.05, 0) is 49.4 Å². The predicted molar refractivity (Wildman–Crippen MR) is 75.1 cm³/mol. The number of nitrogens with zero attached hydrogens (tertiary/aromatic N) is 1. The van der Waals surface area contributed by atoms with Crippen LogP contribution in [0.4, 0.5) is 0 Å². The van der Waals surface area contributed by atoms with Crippen LogP contribution < -0.4 is 5.73 Å². The fourth-order valence-electron chi connectivity index (χ4n) is 2.70. The van der Waals surface area contributed by atoms with Gasteiger partial charge in [0.2, 0.25) is 0 Å². The molecule has 1 aromatic rings. The van der Waals surface area contributed by atoms with Gasteiger partial charge in [0.25, 0.3) is 5.91 Å². The summed E-state index contributed by atoms with van der Waals surface area (Å²) in [6.45, 7) is 5.27. The van der Waals surface area contributed by atoms with E-state index < -0.39 is 0 Å². The molecule has 4 nitrogen and oxygen atoms in total. The molecule has 1 aliphatic heterocycles. The van der Waals surface area contributed by atoms with Crippen LogP contribution in [-0.4, -0.2) is 35.0 Å². The number of benzene rings is 1. The van der Waals surface area contributed by atoms with E-state index in [4.69, 9.17) is 5.73 Å². The number of aryl methyl sites for hydroxylation is 1. The van der Waals surface area contributed by atoms with Crippen molar-refractivity contribution < 1.29 is 9.90 Å². The molecule has 4 heteroatoms. The van der Waals surface area contributed by atoms with Crippen molar-refractivity contribution in [1.82, 2.24) is 4.90 Å². The number of phenolic OH excluding ortho intramolecular Hbond substituents is 1. The Morgan fingerprint density at radius 2 is 2.26 bits per heavy atom. The number of aromatic hydroxyl groups is 1. The molecule has 0 spiro atoms. The van der Waals surface area contributed by atoms with Crippen molar-refractivity contribution in [2.24, 2.45) is 11.7 Å². The molecule has 104 valence electrons. The fourth-order valence-corrected chi connectivity index (χ4v) is 2.70. The maximum Gasteiger partial charge on any atom is 0.254 e. The lowest BCUT2D eigenvalue weighted by molar-refractivity contribution is 0.0573. The van der Waals surface area contributed by atoms with Crippen LogP contribution >= 0.6 is 0 Å². The lowest BCUT2D eigenvalue weighted by Crippen LogP contribution is -2.49. The third-order valence-electron chi connectivity index (χ3n) is 3.95. The van der Waals surface area contributed by atoms with Gasteiger partial charge in [0.1, 0.15) is 5.75 Å². The highest BCUT2D eigenvalue weighted by molar-refractivity contribution is 5.95. The Balaban J connectivity index is 2.20. The average Bonchev–Trinajstić information content (AvgIpc) is 2.41. The van der Waals surface area contributed by atoms with Gasteiger partial charge >= 0.3 is 0 Å². The number of hydrogen-bond donors (Lipinski definition) is 2. The third-order valence-corrected chi connectivity index (χ3v) is 3.95. The molecular weight excluding hydrogens is 240 g/mol. The predicted octanol–water partition coefficient (Wildman–Crippen LogP) is 1.90. The highest BCUT2D eigenvalue weighted by atomic mass is 16.3. The van der Waals surface area contributed by atoms with Crippen molar-refractivity contribution in [3.63, 3.8) is 0 Å². The van der Waals surface area contributed by atoms with Crippen LogP contribution in [0, 0.1) is 12.8 Å². The molecule has 1 saturated heterocycles. The normalized spacial score (nSPS) is 23.4. The summed E-state index contributed by atoms with van der Waals surface area (Å²) in [4.78, 5) is 14.4. The molecule has 2 unspecified atom stereocenters. The lowest BCUT2D eigenvalue weighted by atomic mass is 9.91. The van der Waals surface area contributed by atoms with Gasteiger partial charge in [-0.15, -0.1) is 0 Å². The molecule has 0 aliphatic carbocycles. The Hall–Kier alpha value is -1.55. The smallest absolute Gasteiger partial charge is 0.254 e. The number of rotatable bonds is 2. The molecule has 3 N–H and O–H groups in total. The van der Waals surface area contributed by atoms with Crippen LogP contribution in [0.3, 0.4) is 0 Å². The molecule has 1 aliphatic rings. The summed E-state index contributed by atoms with van der Waals surface area (Å²) in [6, 6.07) is 5.12. The first kappa shape index (κ1) is 13.9. The van der Waals surface area contributed by atoms with Crippen LogP contribution in [0.15, 0.2) is 18.2 Å². The Labute approximate surface area is 114 Å². The molecule has 1 amide bonds. The van der Waals surface area contributed by atoms with Crippen LogP contribution in [0.2, 0.25) is 0 Å². The van der Waals surface area contributed by atoms with Gasteiger partial charge in [0, 0.05) is 24.7 Å². The number of carbonyl (C=O) groups excluding carboxylic acids is 1. The largest absolute Gasteiger partial charge is 0.508 e. The minimum Gasteiger partial charge on any atom is -0.508 e. The van der Waals surface area contributed by atoms with Crippen LogP contribution in [0.25, 0.3) is 0 Å². The topological polar surface area (TPSA) is 66.6 Å². The Kier molecular flexibility index (Phi) is 4.10. The molecule has 1 fully saturated rings. The van der Waals surface area contributed by atoms with E-state index in [9.17, 15) is 9.90 Å². The quantitative estimate of drug-likeness (QED) is 0.855. The second-order valence-electron chi connectivity index (χ2n) is 5.52. The Morgan fingerprint density at radius 1 is 1.53 bits per heavy atom. The van der Waals surface area contributed by atoms with Gasteiger partial charge in [-0.1, -0.05) is 6.92 Å². The number of phenols is 1. The maximum absolute atomic E-state index is 12.5. The van der Waals surface area contributed by atoms with Gasteiger partial charge in [0.15, 0.2) is 0 Å². The number of nitrogens with two attached hydrogens (primary N) is 1. The number of carbonyl (C=O) groups is 1. The second-order valence-corrected chi connectivity index (χ2v) is 5.52. The second kappa shape index (κ2) is 5.61.